The summed E-state index contributed by atoms with van der Waals surface area (Å²) in [7, 11) is -3.45. The smallest absolute Gasteiger partial charge is 0.252 e. The number of benzene rings is 2. The lowest BCUT2D eigenvalue weighted by atomic mass is 10.2. The summed E-state index contributed by atoms with van der Waals surface area (Å²) in [5.74, 6) is -0.491. The molecule has 0 unspecified atom stereocenters. The molecule has 2 rings (SSSR count). The maximum atomic E-state index is 12.3. The van der Waals surface area contributed by atoms with Crippen molar-refractivity contribution in [3.05, 3.63) is 64.7 Å². The van der Waals surface area contributed by atoms with Crippen LogP contribution in [0.25, 0.3) is 0 Å². The fourth-order valence-corrected chi connectivity index (χ4v) is 3.29. The van der Waals surface area contributed by atoms with E-state index >= 15 is 0 Å². The van der Waals surface area contributed by atoms with E-state index in [4.69, 9.17) is 11.6 Å². The summed E-state index contributed by atoms with van der Waals surface area (Å²) in [6, 6.07) is 13.4. The van der Waals surface area contributed by atoms with E-state index < -0.39 is 15.7 Å². The van der Waals surface area contributed by atoms with Gasteiger partial charge in [0.05, 0.1) is 16.2 Å². The van der Waals surface area contributed by atoms with E-state index in [2.05, 4.69) is 5.32 Å². The van der Waals surface area contributed by atoms with Crippen LogP contribution >= 0.6 is 11.6 Å². The van der Waals surface area contributed by atoms with Crippen LogP contribution in [0.15, 0.2) is 53.4 Å². The van der Waals surface area contributed by atoms with Crippen molar-refractivity contribution in [2.75, 3.05) is 5.75 Å². The summed E-state index contributed by atoms with van der Waals surface area (Å²) >= 11 is 6.03. The predicted molar refractivity (Wildman–Crippen MR) is 86.8 cm³/mol. The predicted octanol–water partition coefficient (Wildman–Crippen LogP) is 3.06. The third-order valence-corrected chi connectivity index (χ3v) is 5.40. The Balaban J connectivity index is 2.23. The number of rotatable bonds is 5. The van der Waals surface area contributed by atoms with Crippen LogP contribution in [0.3, 0.4) is 0 Å². The van der Waals surface area contributed by atoms with E-state index in [1.807, 2.05) is 6.07 Å². The first-order chi connectivity index (χ1) is 10.5. The van der Waals surface area contributed by atoms with E-state index in [0.29, 0.717) is 5.02 Å². The molecule has 2 aromatic rings. The third-order valence-electron chi connectivity index (χ3n) is 3.24. The van der Waals surface area contributed by atoms with E-state index in [1.54, 1.807) is 37.3 Å². The Morgan fingerprint density at radius 2 is 1.73 bits per heavy atom. The van der Waals surface area contributed by atoms with Crippen molar-refractivity contribution in [2.45, 2.75) is 18.4 Å². The summed E-state index contributed by atoms with van der Waals surface area (Å²) in [4.78, 5) is 12.3. The van der Waals surface area contributed by atoms with Crippen molar-refractivity contribution in [1.29, 1.82) is 0 Å². The van der Waals surface area contributed by atoms with Crippen LogP contribution in [0.5, 0.6) is 0 Å². The zero-order valence-corrected chi connectivity index (χ0v) is 13.6. The second-order valence-electron chi connectivity index (χ2n) is 4.67. The second-order valence-corrected chi connectivity index (χ2v) is 7.33. The van der Waals surface area contributed by atoms with E-state index in [-0.39, 0.29) is 22.8 Å². The van der Waals surface area contributed by atoms with Crippen LogP contribution < -0.4 is 5.32 Å². The lowest BCUT2D eigenvalue weighted by molar-refractivity contribution is 0.0947. The number of carbonyl (C=O) groups excluding carboxylic acids is 1. The maximum Gasteiger partial charge on any atom is 0.252 e. The molecular weight excluding hydrogens is 322 g/mol. The molecular formula is C16H16ClNO3S. The quantitative estimate of drug-likeness (QED) is 0.912. The fourth-order valence-electron chi connectivity index (χ4n) is 1.99. The van der Waals surface area contributed by atoms with Crippen LogP contribution in [-0.2, 0) is 16.4 Å². The van der Waals surface area contributed by atoms with Gasteiger partial charge in [0, 0.05) is 11.6 Å². The van der Waals surface area contributed by atoms with Crippen molar-refractivity contribution in [3.8, 4) is 0 Å². The van der Waals surface area contributed by atoms with Gasteiger partial charge in [0.2, 0.25) is 0 Å². The Kier molecular flexibility index (Phi) is 5.21. The summed E-state index contributed by atoms with van der Waals surface area (Å²) in [5.41, 5.74) is 0.921. The molecule has 0 aliphatic carbocycles. The number of sulfone groups is 1. The first-order valence-electron chi connectivity index (χ1n) is 6.79. The average Bonchev–Trinajstić information content (AvgIpc) is 2.54. The zero-order valence-electron chi connectivity index (χ0n) is 12.0. The van der Waals surface area contributed by atoms with Gasteiger partial charge in [0.25, 0.3) is 5.91 Å². The molecule has 0 bridgehead atoms. The Hall–Kier alpha value is -1.85. The minimum Gasteiger partial charge on any atom is -0.348 e. The minimum absolute atomic E-state index is 0.0501. The number of carbonyl (C=O) groups is 1. The lowest BCUT2D eigenvalue weighted by Crippen LogP contribution is -2.25. The summed E-state index contributed by atoms with van der Waals surface area (Å²) in [6.07, 6.45) is 0. The van der Waals surface area contributed by atoms with Crippen molar-refractivity contribution in [3.63, 3.8) is 0 Å². The van der Waals surface area contributed by atoms with Gasteiger partial charge < -0.3 is 5.32 Å². The van der Waals surface area contributed by atoms with E-state index in [0.717, 1.165) is 5.56 Å². The molecule has 0 aromatic heterocycles. The van der Waals surface area contributed by atoms with Gasteiger partial charge in [0.15, 0.2) is 9.84 Å². The molecule has 4 nitrogen and oxygen atoms in total. The molecule has 116 valence electrons. The number of nitrogens with one attached hydrogen (secondary N) is 1. The standard InChI is InChI=1S/C16H16ClNO3S/c1-2-22(20,21)15-10-6-4-8-13(15)16(19)18-11-12-7-3-5-9-14(12)17/h3-10H,2,11H2,1H3,(H,18,19). The van der Waals surface area contributed by atoms with E-state index in [9.17, 15) is 13.2 Å². The van der Waals surface area contributed by atoms with Crippen LogP contribution in [0.4, 0.5) is 0 Å². The van der Waals surface area contributed by atoms with Gasteiger partial charge in [-0.2, -0.15) is 0 Å². The number of amides is 1. The topological polar surface area (TPSA) is 63.2 Å². The highest BCUT2D eigenvalue weighted by molar-refractivity contribution is 7.91. The maximum absolute atomic E-state index is 12.3. The molecule has 1 amide bonds. The van der Waals surface area contributed by atoms with Crippen molar-refractivity contribution < 1.29 is 13.2 Å². The average molecular weight is 338 g/mol. The fraction of sp³-hybridized carbons (Fsp3) is 0.188. The van der Waals surface area contributed by atoms with Crippen molar-refractivity contribution in [1.82, 2.24) is 5.32 Å². The molecule has 1 N–H and O–H groups in total. The van der Waals surface area contributed by atoms with Crippen LogP contribution in [0.1, 0.15) is 22.8 Å². The molecule has 0 saturated heterocycles. The third kappa shape index (κ3) is 3.67. The highest BCUT2D eigenvalue weighted by Crippen LogP contribution is 2.18. The van der Waals surface area contributed by atoms with Gasteiger partial charge in [-0.25, -0.2) is 8.42 Å². The van der Waals surface area contributed by atoms with Crippen molar-refractivity contribution in [2.24, 2.45) is 0 Å². The molecule has 0 fully saturated rings. The van der Waals surface area contributed by atoms with E-state index in [1.165, 1.54) is 12.1 Å². The van der Waals surface area contributed by atoms with Crippen molar-refractivity contribution >= 4 is 27.3 Å². The monoisotopic (exact) mass is 337 g/mol. The van der Waals surface area contributed by atoms with Crippen LogP contribution in [-0.4, -0.2) is 20.1 Å². The Bertz CT molecular complexity index is 787. The normalized spacial score (nSPS) is 11.2. The summed E-state index contributed by atoms with van der Waals surface area (Å²) in [6.45, 7) is 1.78. The highest BCUT2D eigenvalue weighted by atomic mass is 35.5. The molecule has 22 heavy (non-hydrogen) atoms. The van der Waals surface area contributed by atoms with Gasteiger partial charge in [-0.15, -0.1) is 0 Å². The van der Waals surface area contributed by atoms with Gasteiger partial charge in [-0.3, -0.25) is 4.79 Å². The molecule has 0 heterocycles. The second kappa shape index (κ2) is 6.94. The Morgan fingerprint density at radius 1 is 1.09 bits per heavy atom. The largest absolute Gasteiger partial charge is 0.348 e. The van der Waals surface area contributed by atoms with Gasteiger partial charge in [0.1, 0.15) is 0 Å². The molecule has 2 aromatic carbocycles. The Morgan fingerprint density at radius 3 is 2.41 bits per heavy atom. The highest BCUT2D eigenvalue weighted by Gasteiger charge is 2.20. The summed E-state index contributed by atoms with van der Waals surface area (Å²) in [5, 5.41) is 3.26. The molecule has 0 spiro atoms. The molecule has 0 atom stereocenters. The lowest BCUT2D eigenvalue weighted by Gasteiger charge is -2.10. The Labute approximate surface area is 135 Å². The molecule has 0 radical (unpaired) electrons. The summed E-state index contributed by atoms with van der Waals surface area (Å²) < 4.78 is 24.1. The van der Waals surface area contributed by atoms with Gasteiger partial charge in [-0.05, 0) is 23.8 Å². The van der Waals surface area contributed by atoms with Crippen LogP contribution in [0, 0.1) is 0 Å². The molecule has 0 aliphatic rings. The first kappa shape index (κ1) is 16.5. The molecule has 0 saturated carbocycles. The molecule has 0 aliphatic heterocycles. The molecule has 6 heteroatoms. The zero-order chi connectivity index (χ0) is 16.2. The number of hydrogen-bond acceptors (Lipinski definition) is 3. The number of hydrogen-bond donors (Lipinski definition) is 1. The van der Waals surface area contributed by atoms with Gasteiger partial charge >= 0.3 is 0 Å². The van der Waals surface area contributed by atoms with Gasteiger partial charge in [-0.1, -0.05) is 48.9 Å². The number of halogens is 1. The first-order valence-corrected chi connectivity index (χ1v) is 8.82. The SMILES string of the molecule is CCS(=O)(=O)c1ccccc1C(=O)NCc1ccccc1Cl. The van der Waals surface area contributed by atoms with Crippen LogP contribution in [0.2, 0.25) is 5.02 Å². The minimum atomic E-state index is -3.45.